The van der Waals surface area contributed by atoms with Crippen LogP contribution in [0.3, 0.4) is 0 Å². The van der Waals surface area contributed by atoms with Gasteiger partial charge in [0.05, 0.1) is 7.11 Å². The molecule has 0 aliphatic rings. The standard InChI is InChI=1S/C16H18BrNO/c1-16(18,11-12-5-3-4-6-15(12)17)13-7-9-14(19-2)10-8-13/h3-10H,11,18H2,1-2H3. The highest BCUT2D eigenvalue weighted by Crippen LogP contribution is 2.27. The van der Waals surface area contributed by atoms with Crippen molar-refractivity contribution in [3.05, 3.63) is 64.1 Å². The number of rotatable bonds is 4. The van der Waals surface area contributed by atoms with Crippen molar-refractivity contribution in [1.29, 1.82) is 0 Å². The van der Waals surface area contributed by atoms with E-state index in [9.17, 15) is 0 Å². The van der Waals surface area contributed by atoms with Gasteiger partial charge in [0, 0.05) is 10.0 Å². The van der Waals surface area contributed by atoms with Crippen LogP contribution in [0.15, 0.2) is 53.0 Å². The predicted molar refractivity (Wildman–Crippen MR) is 82.4 cm³/mol. The molecule has 1 atom stereocenters. The highest BCUT2D eigenvalue weighted by atomic mass is 79.9. The fourth-order valence-electron chi connectivity index (χ4n) is 2.11. The Labute approximate surface area is 122 Å². The van der Waals surface area contributed by atoms with Crippen LogP contribution in [0, 0.1) is 0 Å². The van der Waals surface area contributed by atoms with Gasteiger partial charge in [-0.15, -0.1) is 0 Å². The average Bonchev–Trinajstić information content (AvgIpc) is 2.41. The van der Waals surface area contributed by atoms with Crippen molar-refractivity contribution in [2.75, 3.05) is 7.11 Å². The first-order valence-corrected chi connectivity index (χ1v) is 6.99. The van der Waals surface area contributed by atoms with Crippen LogP contribution < -0.4 is 10.5 Å². The van der Waals surface area contributed by atoms with Crippen molar-refractivity contribution in [1.82, 2.24) is 0 Å². The van der Waals surface area contributed by atoms with Gasteiger partial charge in [-0.1, -0.05) is 46.3 Å². The first-order chi connectivity index (χ1) is 9.03. The van der Waals surface area contributed by atoms with E-state index < -0.39 is 5.54 Å². The third-order valence-electron chi connectivity index (χ3n) is 3.27. The van der Waals surface area contributed by atoms with Crippen molar-refractivity contribution < 1.29 is 4.74 Å². The molecule has 2 aromatic rings. The Morgan fingerprint density at radius 3 is 2.32 bits per heavy atom. The Morgan fingerprint density at radius 2 is 1.74 bits per heavy atom. The zero-order valence-corrected chi connectivity index (χ0v) is 12.8. The summed E-state index contributed by atoms with van der Waals surface area (Å²) in [5.74, 6) is 0.848. The van der Waals surface area contributed by atoms with Crippen LogP contribution >= 0.6 is 15.9 Å². The fourth-order valence-corrected chi connectivity index (χ4v) is 2.54. The minimum atomic E-state index is -0.407. The molecule has 0 heterocycles. The zero-order chi connectivity index (χ0) is 13.9. The van der Waals surface area contributed by atoms with Gasteiger partial charge in [-0.3, -0.25) is 0 Å². The van der Waals surface area contributed by atoms with Crippen molar-refractivity contribution in [2.45, 2.75) is 18.9 Å². The molecule has 1 unspecified atom stereocenters. The summed E-state index contributed by atoms with van der Waals surface area (Å²) >= 11 is 3.57. The molecule has 0 fully saturated rings. The van der Waals surface area contributed by atoms with Crippen molar-refractivity contribution in [3.63, 3.8) is 0 Å². The molecule has 0 spiro atoms. The van der Waals surface area contributed by atoms with Gasteiger partial charge in [0.2, 0.25) is 0 Å². The van der Waals surface area contributed by atoms with Crippen LogP contribution in [0.1, 0.15) is 18.1 Å². The molecule has 0 bridgehead atoms. The summed E-state index contributed by atoms with van der Waals surface area (Å²) in [5, 5.41) is 0. The third-order valence-corrected chi connectivity index (χ3v) is 4.04. The van der Waals surface area contributed by atoms with E-state index in [1.165, 1.54) is 5.56 Å². The minimum absolute atomic E-state index is 0.407. The van der Waals surface area contributed by atoms with Crippen molar-refractivity contribution in [3.8, 4) is 5.75 Å². The highest BCUT2D eigenvalue weighted by molar-refractivity contribution is 9.10. The topological polar surface area (TPSA) is 35.2 Å². The molecule has 0 radical (unpaired) electrons. The van der Waals surface area contributed by atoms with Crippen LogP contribution in [-0.2, 0) is 12.0 Å². The first-order valence-electron chi connectivity index (χ1n) is 6.20. The molecule has 2 nitrogen and oxygen atoms in total. The maximum atomic E-state index is 6.47. The zero-order valence-electron chi connectivity index (χ0n) is 11.2. The molecule has 2 N–H and O–H groups in total. The summed E-state index contributed by atoms with van der Waals surface area (Å²) in [4.78, 5) is 0. The van der Waals surface area contributed by atoms with Gasteiger partial charge in [-0.2, -0.15) is 0 Å². The summed E-state index contributed by atoms with van der Waals surface area (Å²) in [6, 6.07) is 16.1. The van der Waals surface area contributed by atoms with E-state index in [1.54, 1.807) is 7.11 Å². The summed E-state index contributed by atoms with van der Waals surface area (Å²) in [6.07, 6.45) is 0.779. The molecule has 100 valence electrons. The second-order valence-electron chi connectivity index (χ2n) is 4.91. The van der Waals surface area contributed by atoms with Crippen LogP contribution in [0.2, 0.25) is 0 Å². The number of ether oxygens (including phenoxy) is 1. The lowest BCUT2D eigenvalue weighted by Gasteiger charge is -2.26. The van der Waals surface area contributed by atoms with Gasteiger partial charge in [0.1, 0.15) is 5.75 Å². The Morgan fingerprint density at radius 1 is 1.11 bits per heavy atom. The quantitative estimate of drug-likeness (QED) is 0.928. The molecule has 0 aliphatic carbocycles. The lowest BCUT2D eigenvalue weighted by Crippen LogP contribution is -2.35. The summed E-state index contributed by atoms with van der Waals surface area (Å²) in [7, 11) is 1.66. The van der Waals surface area contributed by atoms with Gasteiger partial charge in [0.15, 0.2) is 0 Å². The lowest BCUT2D eigenvalue weighted by molar-refractivity contribution is 0.413. The molecular formula is C16H18BrNO. The molecule has 0 aromatic heterocycles. The number of nitrogens with two attached hydrogens (primary N) is 1. The summed E-state index contributed by atoms with van der Waals surface area (Å²) in [6.45, 7) is 2.05. The van der Waals surface area contributed by atoms with Gasteiger partial charge in [-0.25, -0.2) is 0 Å². The van der Waals surface area contributed by atoms with Crippen molar-refractivity contribution >= 4 is 15.9 Å². The van der Waals surface area contributed by atoms with Crippen LogP contribution in [0.5, 0.6) is 5.75 Å². The average molecular weight is 320 g/mol. The van der Waals surface area contributed by atoms with E-state index >= 15 is 0 Å². The highest BCUT2D eigenvalue weighted by Gasteiger charge is 2.22. The smallest absolute Gasteiger partial charge is 0.118 e. The Kier molecular flexibility index (Phi) is 4.27. The maximum absolute atomic E-state index is 6.47. The number of methoxy groups -OCH3 is 1. The molecule has 0 saturated carbocycles. The SMILES string of the molecule is COc1ccc(C(C)(N)Cc2ccccc2Br)cc1. The fraction of sp³-hybridized carbons (Fsp3) is 0.250. The lowest BCUT2D eigenvalue weighted by atomic mass is 9.86. The number of halogens is 1. The molecular weight excluding hydrogens is 302 g/mol. The molecule has 3 heteroatoms. The van der Waals surface area contributed by atoms with Gasteiger partial charge in [0.25, 0.3) is 0 Å². The van der Waals surface area contributed by atoms with E-state index in [-0.39, 0.29) is 0 Å². The van der Waals surface area contributed by atoms with E-state index in [4.69, 9.17) is 10.5 Å². The van der Waals surface area contributed by atoms with E-state index in [1.807, 2.05) is 49.4 Å². The number of benzene rings is 2. The number of hydrogen-bond acceptors (Lipinski definition) is 2. The van der Waals surface area contributed by atoms with E-state index in [0.29, 0.717) is 0 Å². The summed E-state index contributed by atoms with van der Waals surface area (Å²) < 4.78 is 6.27. The third kappa shape index (κ3) is 3.37. The normalized spacial score (nSPS) is 13.9. The molecule has 0 saturated heterocycles. The predicted octanol–water partition coefficient (Wildman–Crippen LogP) is 3.87. The maximum Gasteiger partial charge on any atom is 0.118 e. The molecule has 0 amide bonds. The second-order valence-corrected chi connectivity index (χ2v) is 5.77. The summed E-state index contributed by atoms with van der Waals surface area (Å²) in [5.41, 5.74) is 8.37. The van der Waals surface area contributed by atoms with E-state index in [2.05, 4.69) is 22.0 Å². The van der Waals surface area contributed by atoms with E-state index in [0.717, 1.165) is 22.2 Å². The monoisotopic (exact) mass is 319 g/mol. The second kappa shape index (κ2) is 5.76. The molecule has 0 aliphatic heterocycles. The Hall–Kier alpha value is -1.32. The Balaban J connectivity index is 2.24. The molecule has 2 aromatic carbocycles. The minimum Gasteiger partial charge on any atom is -0.497 e. The van der Waals surface area contributed by atoms with Gasteiger partial charge in [-0.05, 0) is 42.7 Å². The molecule has 19 heavy (non-hydrogen) atoms. The van der Waals surface area contributed by atoms with Gasteiger partial charge >= 0.3 is 0 Å². The largest absolute Gasteiger partial charge is 0.497 e. The first kappa shape index (κ1) is 14.1. The Bertz CT molecular complexity index is 549. The van der Waals surface area contributed by atoms with Crippen LogP contribution in [0.4, 0.5) is 0 Å². The number of hydrogen-bond donors (Lipinski definition) is 1. The molecule has 2 rings (SSSR count). The van der Waals surface area contributed by atoms with Crippen LogP contribution in [0.25, 0.3) is 0 Å². The van der Waals surface area contributed by atoms with Crippen LogP contribution in [-0.4, -0.2) is 7.11 Å². The van der Waals surface area contributed by atoms with Gasteiger partial charge < -0.3 is 10.5 Å². The van der Waals surface area contributed by atoms with Crippen molar-refractivity contribution in [2.24, 2.45) is 5.73 Å².